The maximum absolute atomic E-state index is 14.2. The van der Waals surface area contributed by atoms with Gasteiger partial charge in [0, 0.05) is 38.1 Å². The van der Waals surface area contributed by atoms with Crippen LogP contribution in [0.15, 0.2) is 84.9 Å². The van der Waals surface area contributed by atoms with Crippen LogP contribution in [0.5, 0.6) is 0 Å². The van der Waals surface area contributed by atoms with Gasteiger partial charge >= 0.3 is 0 Å². The topological polar surface area (TPSA) is 68.3 Å². The molecule has 7 rings (SSSR count). The average molecular weight is 683 g/mol. The molecule has 0 spiro atoms. The van der Waals surface area contributed by atoms with E-state index < -0.39 is 12.1 Å². The molecule has 0 radical (unpaired) electrons. The number of hydrogen-bond donors (Lipinski definition) is 2. The predicted molar refractivity (Wildman–Crippen MR) is 197 cm³/mol. The molecule has 2 bridgehead atoms. The summed E-state index contributed by atoms with van der Waals surface area (Å²) in [5, 5.41) is 15.5. The molecule has 50 heavy (non-hydrogen) atoms. The second-order valence-corrected chi connectivity index (χ2v) is 15.8. The van der Waals surface area contributed by atoms with Crippen LogP contribution >= 0.6 is 0 Å². The van der Waals surface area contributed by atoms with E-state index in [4.69, 9.17) is 4.84 Å². The maximum atomic E-state index is 14.2. The predicted octanol–water partition coefficient (Wildman–Crippen LogP) is 6.67. The number of hydroxylamine groups is 2. The van der Waals surface area contributed by atoms with Gasteiger partial charge in [0.2, 0.25) is 5.91 Å². The third kappa shape index (κ3) is 8.05. The number of aliphatic hydroxyl groups excluding tert-OH is 1. The molecule has 7 nitrogen and oxygen atoms in total. The number of benzene rings is 3. The Bertz CT molecular complexity index is 1650. The summed E-state index contributed by atoms with van der Waals surface area (Å²) in [7, 11) is 4.16. The number of nitrogens with one attached hydrogen (secondary N) is 1. The molecule has 268 valence electrons. The number of aliphatic hydroxyl groups is 1. The van der Waals surface area contributed by atoms with E-state index in [1.807, 2.05) is 25.1 Å². The zero-order chi connectivity index (χ0) is 35.6. The molecule has 1 amide bonds. The van der Waals surface area contributed by atoms with Crippen molar-refractivity contribution in [3.05, 3.63) is 107 Å². The maximum Gasteiger partial charge on any atom is 0.240 e. The van der Waals surface area contributed by atoms with Crippen molar-refractivity contribution in [1.29, 1.82) is 0 Å². The Morgan fingerprint density at radius 3 is 2.38 bits per heavy atom. The molecule has 3 saturated carbocycles. The van der Waals surface area contributed by atoms with Gasteiger partial charge < -0.3 is 15.3 Å². The van der Waals surface area contributed by atoms with Crippen LogP contribution < -0.4 is 5.32 Å². The lowest BCUT2D eigenvalue weighted by atomic mass is 9.48. The first-order chi connectivity index (χ1) is 23.9. The largest absolute Gasteiger partial charge is 0.394 e. The van der Waals surface area contributed by atoms with Gasteiger partial charge in [-0.3, -0.25) is 14.5 Å². The van der Waals surface area contributed by atoms with Crippen LogP contribution in [0.2, 0.25) is 0 Å². The fraction of sp³-hybridized carbons (Fsp3) is 0.500. The van der Waals surface area contributed by atoms with E-state index in [2.05, 4.69) is 86.0 Å². The van der Waals surface area contributed by atoms with Crippen molar-refractivity contribution in [2.45, 2.75) is 77.9 Å². The summed E-state index contributed by atoms with van der Waals surface area (Å²) in [6.45, 7) is 14.3. The van der Waals surface area contributed by atoms with E-state index in [1.54, 1.807) is 17.2 Å². The molecule has 3 aliphatic carbocycles. The third-order valence-electron chi connectivity index (χ3n) is 11.6. The summed E-state index contributed by atoms with van der Waals surface area (Å²) in [4.78, 5) is 25.0. The van der Waals surface area contributed by atoms with Crippen molar-refractivity contribution in [3.8, 4) is 11.1 Å². The summed E-state index contributed by atoms with van der Waals surface area (Å²) in [5.41, 5.74) is 6.44. The van der Waals surface area contributed by atoms with Crippen molar-refractivity contribution >= 4 is 5.91 Å². The summed E-state index contributed by atoms with van der Waals surface area (Å²) < 4.78 is 14.2. The van der Waals surface area contributed by atoms with Crippen LogP contribution in [-0.4, -0.2) is 77.9 Å². The highest BCUT2D eigenvalue weighted by Crippen LogP contribution is 2.59. The van der Waals surface area contributed by atoms with Gasteiger partial charge in [0.1, 0.15) is 18.0 Å². The lowest BCUT2D eigenvalue weighted by Crippen LogP contribution is -2.58. The SMILES string of the molecule is C=C(C)[C@@H]1[C@H](CO)ON(Cc2cccc(CN(CCN(C)C)Cc3ccccc3-c3cccc(F)c3)c2)[C@@H]1C(=O)N[C@@H]1C[C@@H]2C[C@H](C1)C2(C)C. The highest BCUT2D eigenvalue weighted by molar-refractivity contribution is 5.83. The molecule has 4 fully saturated rings. The van der Waals surface area contributed by atoms with Gasteiger partial charge in [-0.05, 0) is 97.5 Å². The number of carbonyl (C=O) groups is 1. The summed E-state index contributed by atoms with van der Waals surface area (Å²) in [6, 6.07) is 23.1. The number of hydrogen-bond acceptors (Lipinski definition) is 6. The van der Waals surface area contributed by atoms with Crippen LogP contribution in [0.25, 0.3) is 11.1 Å². The molecule has 1 aliphatic heterocycles. The molecule has 6 atom stereocenters. The Labute approximate surface area is 298 Å². The minimum Gasteiger partial charge on any atom is -0.394 e. The van der Waals surface area contributed by atoms with Crippen LogP contribution in [-0.2, 0) is 29.3 Å². The second-order valence-electron chi connectivity index (χ2n) is 15.8. The molecule has 4 aliphatic rings. The molecule has 1 heterocycles. The summed E-state index contributed by atoms with van der Waals surface area (Å²) in [6.07, 6.45) is 2.78. The molecule has 2 N–H and O–H groups in total. The van der Waals surface area contributed by atoms with E-state index >= 15 is 0 Å². The number of carbonyl (C=O) groups excluding carboxylic acids is 1. The van der Waals surface area contributed by atoms with Crippen LogP contribution in [0, 0.1) is 29.0 Å². The zero-order valence-electron chi connectivity index (χ0n) is 30.4. The van der Waals surface area contributed by atoms with Gasteiger partial charge in [0.15, 0.2) is 0 Å². The van der Waals surface area contributed by atoms with Crippen molar-refractivity contribution in [3.63, 3.8) is 0 Å². The number of likely N-dealkylation sites (N-methyl/N-ethyl adjacent to an activating group) is 1. The van der Waals surface area contributed by atoms with Crippen molar-refractivity contribution in [1.82, 2.24) is 20.2 Å². The third-order valence-corrected chi connectivity index (χ3v) is 11.6. The van der Waals surface area contributed by atoms with Gasteiger partial charge in [-0.1, -0.05) is 86.7 Å². The quantitative estimate of drug-likeness (QED) is 0.185. The smallest absolute Gasteiger partial charge is 0.240 e. The van der Waals surface area contributed by atoms with Crippen LogP contribution in [0.1, 0.15) is 56.7 Å². The Kier molecular flexibility index (Phi) is 11.3. The van der Waals surface area contributed by atoms with Gasteiger partial charge in [-0.2, -0.15) is 5.06 Å². The molecule has 0 unspecified atom stereocenters. The normalized spacial score (nSPS) is 25.9. The standard InChI is InChI=1S/C42H55FN4O3/c1-28(2)39-38(27-48)50-47(40(39)41(49)44-36-22-33-21-34(23-36)42(33,3)4)25-30-12-9-11-29(19-30)24-46(18-17-45(5)6)26-32-13-7-8-16-37(32)31-14-10-15-35(43)20-31/h7-16,19-20,33-34,36,38-40,48H,1,17-18,21-27H2,2-6H3,(H,44,49)/t33-,34+,36+,38-,39+,40-/m0/s1. The van der Waals surface area contributed by atoms with Crippen molar-refractivity contribution < 1.29 is 19.1 Å². The van der Waals surface area contributed by atoms with Gasteiger partial charge in [0.25, 0.3) is 0 Å². The van der Waals surface area contributed by atoms with Crippen LogP contribution in [0.4, 0.5) is 4.39 Å². The molecule has 0 aromatic heterocycles. The fourth-order valence-corrected chi connectivity index (χ4v) is 8.62. The van der Waals surface area contributed by atoms with E-state index in [-0.39, 0.29) is 30.3 Å². The first-order valence-electron chi connectivity index (χ1n) is 18.2. The van der Waals surface area contributed by atoms with Crippen molar-refractivity contribution in [2.24, 2.45) is 23.2 Å². The zero-order valence-corrected chi connectivity index (χ0v) is 30.4. The highest BCUT2D eigenvalue weighted by Gasteiger charge is 2.54. The lowest BCUT2D eigenvalue weighted by Gasteiger charge is -2.59. The Balaban J connectivity index is 1.19. The van der Waals surface area contributed by atoms with E-state index in [0.29, 0.717) is 30.3 Å². The number of amides is 1. The monoisotopic (exact) mass is 682 g/mol. The fourth-order valence-electron chi connectivity index (χ4n) is 8.62. The van der Waals surface area contributed by atoms with Crippen LogP contribution in [0.3, 0.4) is 0 Å². The first kappa shape index (κ1) is 36.4. The Morgan fingerprint density at radius 1 is 0.980 bits per heavy atom. The number of nitrogens with zero attached hydrogens (tertiary/aromatic N) is 3. The number of fused-ring (bicyclic) bond motifs is 2. The number of rotatable bonds is 14. The molecule has 1 saturated heterocycles. The number of halogens is 1. The summed E-state index contributed by atoms with van der Waals surface area (Å²) in [5.74, 6) is 0.715. The first-order valence-corrected chi connectivity index (χ1v) is 18.2. The minimum absolute atomic E-state index is 0.0407. The molecule has 3 aromatic rings. The Morgan fingerprint density at radius 2 is 1.70 bits per heavy atom. The molecular formula is C42H55FN4O3. The lowest BCUT2D eigenvalue weighted by molar-refractivity contribution is -0.182. The second kappa shape index (κ2) is 15.5. The Hall–Kier alpha value is -3.40. The average Bonchev–Trinajstić information content (AvgIpc) is 3.46. The molecule has 8 heteroatoms. The van der Waals surface area contributed by atoms with E-state index in [1.165, 1.54) is 12.5 Å². The van der Waals surface area contributed by atoms with E-state index in [9.17, 15) is 14.3 Å². The van der Waals surface area contributed by atoms with Gasteiger partial charge in [0.05, 0.1) is 13.2 Å². The minimum atomic E-state index is -0.574. The van der Waals surface area contributed by atoms with E-state index in [0.717, 1.165) is 65.9 Å². The summed E-state index contributed by atoms with van der Waals surface area (Å²) >= 11 is 0. The molecule has 3 aromatic carbocycles. The van der Waals surface area contributed by atoms with Gasteiger partial charge in [-0.25, -0.2) is 4.39 Å². The van der Waals surface area contributed by atoms with Crippen molar-refractivity contribution in [2.75, 3.05) is 33.8 Å². The molecular weight excluding hydrogens is 627 g/mol. The highest BCUT2D eigenvalue weighted by atomic mass is 19.1. The van der Waals surface area contributed by atoms with Gasteiger partial charge in [-0.15, -0.1) is 0 Å².